The van der Waals surface area contributed by atoms with E-state index in [2.05, 4.69) is 15.5 Å². The fourth-order valence-electron chi connectivity index (χ4n) is 3.33. The molecular formula is C23H40Br3Cl2N5O4. The Hall–Kier alpha value is -0.630. The lowest BCUT2D eigenvalue weighted by Gasteiger charge is -2.24. The highest BCUT2D eigenvalue weighted by atomic mass is 79.9. The summed E-state index contributed by atoms with van der Waals surface area (Å²) < 4.78 is 4.89. The summed E-state index contributed by atoms with van der Waals surface area (Å²) in [5, 5.41) is 5.37. The summed E-state index contributed by atoms with van der Waals surface area (Å²) in [6, 6.07) is 5.07. The van der Waals surface area contributed by atoms with E-state index in [-0.39, 0.29) is 57.4 Å². The summed E-state index contributed by atoms with van der Waals surface area (Å²) in [5.41, 5.74) is 13.0. The maximum absolute atomic E-state index is 13.0. The minimum absolute atomic E-state index is 0. The second kappa shape index (κ2) is 23.3. The van der Waals surface area contributed by atoms with Crippen LogP contribution in [0.15, 0.2) is 24.3 Å². The van der Waals surface area contributed by atoms with Gasteiger partial charge in [-0.05, 0) is 50.4 Å². The Morgan fingerprint density at radius 3 is 1.95 bits per heavy atom. The molecule has 0 saturated carbocycles. The van der Waals surface area contributed by atoms with Gasteiger partial charge in [0.05, 0.1) is 13.2 Å². The van der Waals surface area contributed by atoms with E-state index in [0.29, 0.717) is 50.7 Å². The molecule has 1 rings (SSSR count). The summed E-state index contributed by atoms with van der Waals surface area (Å²) in [4.78, 5) is 39.5. The van der Waals surface area contributed by atoms with Crippen LogP contribution in [-0.2, 0) is 25.5 Å². The summed E-state index contributed by atoms with van der Waals surface area (Å²) in [6.45, 7) is 3.33. The van der Waals surface area contributed by atoms with Gasteiger partial charge in [-0.2, -0.15) is 0 Å². The lowest BCUT2D eigenvalue weighted by atomic mass is 10.0. The Morgan fingerprint density at radius 1 is 0.946 bits per heavy atom. The SMILES string of the molecule is Br.Br.Br.COC(=O)[C@H](Cc1ccc(N(CCCl)CCCl)cc1)NC(=O)[C@H](CCCCN)NC(=O)[C@H](C)N. The maximum atomic E-state index is 13.0. The molecule has 0 aliphatic heterocycles. The summed E-state index contributed by atoms with van der Waals surface area (Å²) in [5.74, 6) is -0.560. The van der Waals surface area contributed by atoms with Crippen LogP contribution in [0.2, 0.25) is 0 Å². The minimum atomic E-state index is -0.922. The van der Waals surface area contributed by atoms with Crippen molar-refractivity contribution in [3.63, 3.8) is 0 Å². The summed E-state index contributed by atoms with van der Waals surface area (Å²) >= 11 is 11.8. The van der Waals surface area contributed by atoms with Crippen LogP contribution in [0.4, 0.5) is 5.69 Å². The zero-order valence-electron chi connectivity index (χ0n) is 21.1. The Morgan fingerprint density at radius 2 is 1.49 bits per heavy atom. The highest BCUT2D eigenvalue weighted by Crippen LogP contribution is 2.17. The van der Waals surface area contributed by atoms with Gasteiger partial charge in [0.25, 0.3) is 0 Å². The van der Waals surface area contributed by atoms with Crippen LogP contribution in [0.25, 0.3) is 0 Å². The number of carbonyl (C=O) groups excluding carboxylic acids is 3. The largest absolute Gasteiger partial charge is 0.467 e. The molecule has 3 atom stereocenters. The fourth-order valence-corrected chi connectivity index (χ4v) is 3.73. The van der Waals surface area contributed by atoms with Crippen LogP contribution in [0.1, 0.15) is 31.7 Å². The molecule has 0 bridgehead atoms. The van der Waals surface area contributed by atoms with E-state index in [1.165, 1.54) is 14.0 Å². The number of carbonyl (C=O) groups is 3. The van der Waals surface area contributed by atoms with Gasteiger partial charge in [0.2, 0.25) is 11.8 Å². The second-order valence-corrected chi connectivity index (χ2v) is 8.71. The highest BCUT2D eigenvalue weighted by molar-refractivity contribution is 8.93. The molecule has 14 heteroatoms. The summed E-state index contributed by atoms with van der Waals surface area (Å²) in [7, 11) is 1.26. The Balaban J connectivity index is -0.00000385. The fraction of sp³-hybridized carbons (Fsp3) is 0.609. The number of nitrogens with zero attached hydrogens (tertiary/aromatic N) is 1. The number of benzene rings is 1. The van der Waals surface area contributed by atoms with E-state index in [1.807, 2.05) is 24.3 Å². The first-order chi connectivity index (χ1) is 16.3. The molecule has 0 radical (unpaired) electrons. The quantitative estimate of drug-likeness (QED) is 0.116. The normalized spacial score (nSPS) is 12.4. The van der Waals surface area contributed by atoms with Crippen molar-refractivity contribution in [2.24, 2.45) is 11.5 Å². The molecule has 0 aliphatic carbocycles. The third-order valence-electron chi connectivity index (χ3n) is 5.25. The van der Waals surface area contributed by atoms with Crippen LogP contribution in [-0.4, -0.2) is 74.4 Å². The van der Waals surface area contributed by atoms with Gasteiger partial charge in [-0.15, -0.1) is 74.1 Å². The third-order valence-corrected chi connectivity index (χ3v) is 5.58. The van der Waals surface area contributed by atoms with E-state index in [0.717, 1.165) is 11.3 Å². The molecule has 37 heavy (non-hydrogen) atoms. The predicted octanol–water partition coefficient (Wildman–Crippen LogP) is 2.87. The number of amides is 2. The lowest BCUT2D eigenvalue weighted by molar-refractivity contribution is -0.145. The Labute approximate surface area is 261 Å². The number of nitrogens with two attached hydrogens (primary N) is 2. The van der Waals surface area contributed by atoms with Gasteiger partial charge in [-0.1, -0.05) is 12.1 Å². The van der Waals surface area contributed by atoms with Crippen molar-refractivity contribution in [3.8, 4) is 0 Å². The molecule has 0 heterocycles. The molecule has 0 unspecified atom stereocenters. The molecule has 216 valence electrons. The molecule has 0 aliphatic rings. The van der Waals surface area contributed by atoms with E-state index in [9.17, 15) is 14.4 Å². The topological polar surface area (TPSA) is 140 Å². The Bertz CT molecular complexity index is 773. The smallest absolute Gasteiger partial charge is 0.328 e. The molecule has 2 amide bonds. The van der Waals surface area contributed by atoms with Gasteiger partial charge in [-0.25, -0.2) is 4.79 Å². The van der Waals surface area contributed by atoms with Crippen molar-refractivity contribution in [3.05, 3.63) is 29.8 Å². The number of rotatable bonds is 16. The van der Waals surface area contributed by atoms with Gasteiger partial charge < -0.3 is 31.7 Å². The lowest BCUT2D eigenvalue weighted by Crippen LogP contribution is -2.54. The molecule has 9 nitrogen and oxygen atoms in total. The number of anilines is 1. The standard InChI is InChI=1S/C23H37Cl2N5O4.3BrH/c1-16(27)21(31)28-19(5-3-4-12-26)22(32)29-20(23(33)34-2)15-17-6-8-18(9-7-17)30(13-10-24)14-11-25;;;/h6-9,16,19-20H,3-5,10-15,26-27H2,1-2H3,(H,28,31)(H,29,32);3*1H/t16-,19-,20-;;;/m0.../s1. The molecule has 0 spiro atoms. The zero-order chi connectivity index (χ0) is 25.5. The van der Waals surface area contributed by atoms with Gasteiger partial charge in [0, 0.05) is 37.0 Å². The second-order valence-electron chi connectivity index (χ2n) is 7.95. The zero-order valence-corrected chi connectivity index (χ0v) is 27.8. The number of methoxy groups -OCH3 is 1. The molecule has 1 aromatic rings. The van der Waals surface area contributed by atoms with Crippen molar-refractivity contribution in [1.82, 2.24) is 10.6 Å². The molecule has 1 aromatic carbocycles. The highest BCUT2D eigenvalue weighted by Gasteiger charge is 2.28. The molecule has 0 aromatic heterocycles. The number of hydrogen-bond donors (Lipinski definition) is 4. The molecule has 0 saturated heterocycles. The van der Waals surface area contributed by atoms with Crippen molar-refractivity contribution in [1.29, 1.82) is 0 Å². The van der Waals surface area contributed by atoms with Crippen LogP contribution in [0.3, 0.4) is 0 Å². The first-order valence-electron chi connectivity index (χ1n) is 11.4. The predicted molar refractivity (Wildman–Crippen MR) is 167 cm³/mol. The van der Waals surface area contributed by atoms with Crippen LogP contribution in [0.5, 0.6) is 0 Å². The number of hydrogen-bond acceptors (Lipinski definition) is 7. The van der Waals surface area contributed by atoms with E-state index < -0.39 is 35.9 Å². The molecule has 6 N–H and O–H groups in total. The van der Waals surface area contributed by atoms with Crippen molar-refractivity contribution in [2.75, 3.05) is 43.4 Å². The van der Waals surface area contributed by atoms with Gasteiger partial charge >= 0.3 is 5.97 Å². The average Bonchev–Trinajstić information content (AvgIpc) is 2.82. The van der Waals surface area contributed by atoms with E-state index in [4.69, 9.17) is 39.4 Å². The van der Waals surface area contributed by atoms with Crippen LogP contribution >= 0.6 is 74.1 Å². The third kappa shape index (κ3) is 15.5. The van der Waals surface area contributed by atoms with Gasteiger partial charge in [0.15, 0.2) is 0 Å². The van der Waals surface area contributed by atoms with Crippen molar-refractivity contribution in [2.45, 2.75) is 50.7 Å². The van der Waals surface area contributed by atoms with Crippen LogP contribution in [0, 0.1) is 0 Å². The minimum Gasteiger partial charge on any atom is -0.467 e. The number of alkyl halides is 2. The number of nitrogens with one attached hydrogen (secondary N) is 2. The number of unbranched alkanes of at least 4 members (excludes halogenated alkanes) is 1. The van der Waals surface area contributed by atoms with Crippen molar-refractivity contribution >= 4 is 97.6 Å². The molecular weight excluding hydrogens is 721 g/mol. The van der Waals surface area contributed by atoms with E-state index >= 15 is 0 Å². The number of esters is 1. The average molecular weight is 761 g/mol. The van der Waals surface area contributed by atoms with E-state index in [1.54, 1.807) is 0 Å². The summed E-state index contributed by atoms with van der Waals surface area (Å²) in [6.07, 6.45) is 1.94. The molecule has 0 fully saturated rings. The Kier molecular flexibility index (Phi) is 25.7. The van der Waals surface area contributed by atoms with Gasteiger partial charge in [0.1, 0.15) is 12.1 Å². The van der Waals surface area contributed by atoms with Crippen molar-refractivity contribution < 1.29 is 19.1 Å². The monoisotopic (exact) mass is 757 g/mol. The number of halogens is 5. The first kappa shape index (κ1) is 40.9. The maximum Gasteiger partial charge on any atom is 0.328 e. The van der Waals surface area contributed by atoms with Gasteiger partial charge in [-0.3, -0.25) is 9.59 Å². The van der Waals surface area contributed by atoms with Crippen LogP contribution < -0.4 is 27.0 Å². The first-order valence-corrected chi connectivity index (χ1v) is 12.4. The number of ether oxygens (including phenoxy) is 1.